The van der Waals surface area contributed by atoms with Gasteiger partial charge in [0.05, 0.1) is 6.26 Å². The van der Waals surface area contributed by atoms with E-state index in [2.05, 4.69) is 4.98 Å². The normalized spacial score (nSPS) is 12.1. The highest BCUT2D eigenvalue weighted by molar-refractivity contribution is 6.31. The molecule has 0 saturated carbocycles. The molecule has 2 heterocycles. The molecule has 0 aliphatic heterocycles. The molecule has 0 radical (unpaired) electrons. The molecule has 0 aliphatic rings. The van der Waals surface area contributed by atoms with Crippen molar-refractivity contribution >= 4 is 23.2 Å². The predicted molar refractivity (Wildman–Crippen MR) is 113 cm³/mol. The van der Waals surface area contributed by atoms with Crippen LogP contribution in [0.5, 0.6) is 0 Å². The SMILES string of the molecule is Cc1cc(Cl)ccc1-c1coc(-c2ccc(Cl)cc2)c1C(O)c1cccnc1. The van der Waals surface area contributed by atoms with Crippen LogP contribution in [-0.4, -0.2) is 10.1 Å². The van der Waals surface area contributed by atoms with E-state index in [9.17, 15) is 5.11 Å². The molecule has 3 nitrogen and oxygen atoms in total. The fourth-order valence-electron chi connectivity index (χ4n) is 3.31. The maximum atomic E-state index is 11.2. The lowest BCUT2D eigenvalue weighted by molar-refractivity contribution is 0.220. The van der Waals surface area contributed by atoms with Gasteiger partial charge in [-0.05, 0) is 60.5 Å². The Morgan fingerprint density at radius 1 is 0.964 bits per heavy atom. The van der Waals surface area contributed by atoms with Gasteiger partial charge in [0, 0.05) is 44.7 Å². The van der Waals surface area contributed by atoms with Crippen molar-refractivity contribution in [2.75, 3.05) is 0 Å². The molecule has 0 amide bonds. The summed E-state index contributed by atoms with van der Waals surface area (Å²) in [4.78, 5) is 4.14. The topological polar surface area (TPSA) is 46.3 Å². The zero-order chi connectivity index (χ0) is 19.7. The summed E-state index contributed by atoms with van der Waals surface area (Å²) in [6, 6.07) is 16.7. The van der Waals surface area contributed by atoms with Gasteiger partial charge in [0.15, 0.2) is 0 Å². The number of aryl methyl sites for hydroxylation is 1. The van der Waals surface area contributed by atoms with Gasteiger partial charge >= 0.3 is 0 Å². The maximum Gasteiger partial charge on any atom is 0.140 e. The van der Waals surface area contributed by atoms with Gasteiger partial charge in [0.1, 0.15) is 11.9 Å². The first kappa shape index (κ1) is 18.8. The summed E-state index contributed by atoms with van der Waals surface area (Å²) < 4.78 is 5.95. The van der Waals surface area contributed by atoms with Crippen LogP contribution in [0.2, 0.25) is 10.0 Å². The lowest BCUT2D eigenvalue weighted by Crippen LogP contribution is -2.02. The fourth-order valence-corrected chi connectivity index (χ4v) is 3.66. The average molecular weight is 410 g/mol. The average Bonchev–Trinajstić information content (AvgIpc) is 3.13. The first-order chi connectivity index (χ1) is 13.5. The summed E-state index contributed by atoms with van der Waals surface area (Å²) in [5.74, 6) is 0.595. The second-order valence-corrected chi connectivity index (χ2v) is 7.42. The van der Waals surface area contributed by atoms with Crippen LogP contribution in [0, 0.1) is 6.92 Å². The molecular weight excluding hydrogens is 393 g/mol. The van der Waals surface area contributed by atoms with Crippen molar-refractivity contribution in [1.29, 1.82) is 0 Å². The molecule has 0 aliphatic carbocycles. The molecule has 1 N–H and O–H groups in total. The minimum absolute atomic E-state index is 0.595. The number of benzene rings is 2. The van der Waals surface area contributed by atoms with E-state index in [1.54, 1.807) is 36.9 Å². The van der Waals surface area contributed by atoms with Crippen LogP contribution in [0.4, 0.5) is 0 Å². The third-order valence-corrected chi connectivity index (χ3v) is 5.18. The highest BCUT2D eigenvalue weighted by atomic mass is 35.5. The zero-order valence-corrected chi connectivity index (χ0v) is 16.6. The number of hydrogen-bond donors (Lipinski definition) is 1. The third kappa shape index (κ3) is 3.57. The van der Waals surface area contributed by atoms with E-state index in [-0.39, 0.29) is 0 Å². The van der Waals surface area contributed by atoms with Gasteiger partial charge in [-0.15, -0.1) is 0 Å². The Bertz CT molecular complexity index is 1110. The van der Waals surface area contributed by atoms with Crippen molar-refractivity contribution in [3.05, 3.63) is 100.0 Å². The minimum atomic E-state index is -0.900. The van der Waals surface area contributed by atoms with Crippen LogP contribution in [0.3, 0.4) is 0 Å². The molecule has 4 aromatic rings. The monoisotopic (exact) mass is 409 g/mol. The molecule has 1 unspecified atom stereocenters. The number of aliphatic hydroxyl groups excluding tert-OH is 1. The molecule has 0 spiro atoms. The second kappa shape index (κ2) is 7.80. The summed E-state index contributed by atoms with van der Waals surface area (Å²) in [5, 5.41) is 12.5. The summed E-state index contributed by atoms with van der Waals surface area (Å²) in [5.41, 5.74) is 4.96. The number of halogens is 2. The Morgan fingerprint density at radius 3 is 2.39 bits per heavy atom. The molecule has 140 valence electrons. The number of aromatic nitrogens is 1. The lowest BCUT2D eigenvalue weighted by atomic mass is 9.91. The van der Waals surface area contributed by atoms with Gasteiger partial charge < -0.3 is 9.52 Å². The van der Waals surface area contributed by atoms with Crippen LogP contribution >= 0.6 is 23.2 Å². The Kier molecular flexibility index (Phi) is 5.23. The van der Waals surface area contributed by atoms with Gasteiger partial charge in [0.2, 0.25) is 0 Å². The Balaban J connectivity index is 1.93. The van der Waals surface area contributed by atoms with Crippen molar-refractivity contribution in [3.63, 3.8) is 0 Å². The van der Waals surface area contributed by atoms with Crippen LogP contribution < -0.4 is 0 Å². The van der Waals surface area contributed by atoms with E-state index in [1.807, 2.05) is 43.3 Å². The number of rotatable bonds is 4. The van der Waals surface area contributed by atoms with Gasteiger partial charge in [-0.25, -0.2) is 0 Å². The van der Waals surface area contributed by atoms with Crippen LogP contribution in [-0.2, 0) is 0 Å². The van der Waals surface area contributed by atoms with Crippen molar-refractivity contribution in [2.24, 2.45) is 0 Å². The highest BCUT2D eigenvalue weighted by Gasteiger charge is 2.25. The molecule has 5 heteroatoms. The largest absolute Gasteiger partial charge is 0.463 e. The standard InChI is InChI=1S/C23H17Cl2NO2/c1-14-11-18(25)8-9-19(14)20-13-28-23(15-4-6-17(24)7-5-15)21(20)22(27)16-3-2-10-26-12-16/h2-13,22,27H,1H3. The number of pyridine rings is 1. The molecule has 2 aromatic carbocycles. The van der Waals surface area contributed by atoms with Gasteiger partial charge in [-0.1, -0.05) is 35.3 Å². The van der Waals surface area contributed by atoms with E-state index in [0.29, 0.717) is 26.9 Å². The number of aliphatic hydroxyl groups is 1. The van der Waals surface area contributed by atoms with E-state index in [0.717, 1.165) is 22.3 Å². The van der Waals surface area contributed by atoms with Crippen LogP contribution in [0.25, 0.3) is 22.5 Å². The summed E-state index contributed by atoms with van der Waals surface area (Å²) in [7, 11) is 0. The molecule has 4 rings (SSSR count). The Morgan fingerprint density at radius 2 is 1.71 bits per heavy atom. The minimum Gasteiger partial charge on any atom is -0.463 e. The molecule has 2 aromatic heterocycles. The van der Waals surface area contributed by atoms with Crippen LogP contribution in [0.15, 0.2) is 77.7 Å². The van der Waals surface area contributed by atoms with Crippen molar-refractivity contribution in [2.45, 2.75) is 13.0 Å². The van der Waals surface area contributed by atoms with E-state index in [4.69, 9.17) is 27.6 Å². The number of hydrogen-bond acceptors (Lipinski definition) is 3. The summed E-state index contributed by atoms with van der Waals surface area (Å²) >= 11 is 12.2. The zero-order valence-electron chi connectivity index (χ0n) is 15.1. The Labute approximate surface area is 173 Å². The maximum absolute atomic E-state index is 11.2. The van der Waals surface area contributed by atoms with Gasteiger partial charge in [0.25, 0.3) is 0 Å². The van der Waals surface area contributed by atoms with Crippen molar-refractivity contribution in [1.82, 2.24) is 4.98 Å². The van der Waals surface area contributed by atoms with E-state index < -0.39 is 6.10 Å². The fraction of sp³-hybridized carbons (Fsp3) is 0.0870. The highest BCUT2D eigenvalue weighted by Crippen LogP contribution is 2.42. The summed E-state index contributed by atoms with van der Waals surface area (Å²) in [6.45, 7) is 1.98. The first-order valence-corrected chi connectivity index (χ1v) is 9.52. The molecule has 1 atom stereocenters. The van der Waals surface area contributed by atoms with Gasteiger partial charge in [-0.2, -0.15) is 0 Å². The van der Waals surface area contributed by atoms with E-state index >= 15 is 0 Å². The first-order valence-electron chi connectivity index (χ1n) is 8.76. The molecular formula is C23H17Cl2NO2. The van der Waals surface area contributed by atoms with Crippen molar-refractivity contribution in [3.8, 4) is 22.5 Å². The third-order valence-electron chi connectivity index (χ3n) is 4.69. The van der Waals surface area contributed by atoms with Gasteiger partial charge in [-0.3, -0.25) is 4.98 Å². The van der Waals surface area contributed by atoms with Crippen molar-refractivity contribution < 1.29 is 9.52 Å². The molecule has 0 saturated heterocycles. The second-order valence-electron chi connectivity index (χ2n) is 6.55. The Hall–Kier alpha value is -2.59. The molecule has 28 heavy (non-hydrogen) atoms. The van der Waals surface area contributed by atoms with Crippen LogP contribution in [0.1, 0.15) is 22.8 Å². The molecule has 0 bridgehead atoms. The lowest BCUT2D eigenvalue weighted by Gasteiger charge is -2.15. The smallest absolute Gasteiger partial charge is 0.140 e. The predicted octanol–water partition coefficient (Wildman–Crippen LogP) is 6.71. The molecule has 0 fully saturated rings. The summed E-state index contributed by atoms with van der Waals surface area (Å²) in [6.07, 6.45) is 4.11. The van der Waals surface area contributed by atoms with E-state index in [1.165, 1.54) is 0 Å². The number of furan rings is 1. The number of nitrogens with zero attached hydrogens (tertiary/aromatic N) is 1. The quantitative estimate of drug-likeness (QED) is 0.407.